The number of nitrogens with zero attached hydrogens (tertiary/aromatic N) is 3. The van der Waals surface area contributed by atoms with Gasteiger partial charge in [-0.05, 0) is 37.7 Å². The van der Waals surface area contributed by atoms with E-state index < -0.39 is 0 Å². The molecule has 0 saturated carbocycles. The Bertz CT molecular complexity index is 882. The molecular weight excluding hydrogens is 376 g/mol. The molecule has 1 N–H and O–H groups in total. The lowest BCUT2D eigenvalue weighted by molar-refractivity contribution is 0.0303. The maximum absolute atomic E-state index is 13.3. The Kier molecular flexibility index (Phi) is 5.50. The van der Waals surface area contributed by atoms with E-state index in [0.717, 1.165) is 24.8 Å². The Morgan fingerprint density at radius 3 is 2.86 bits per heavy atom. The Morgan fingerprint density at radius 2 is 2.14 bits per heavy atom. The third-order valence-electron chi connectivity index (χ3n) is 5.47. The molecule has 0 aromatic carbocycles. The molecule has 4 rings (SSSR count). The second-order valence-corrected chi connectivity index (χ2v) is 8.60. The summed E-state index contributed by atoms with van der Waals surface area (Å²) in [6.45, 7) is 7.23. The highest BCUT2D eigenvalue weighted by Gasteiger charge is 2.31. The molecule has 1 fully saturated rings. The number of fused-ring (bicyclic) bond motifs is 1. The summed E-state index contributed by atoms with van der Waals surface area (Å²) in [6, 6.07) is 0. The van der Waals surface area contributed by atoms with Crippen molar-refractivity contribution in [3.63, 3.8) is 0 Å². The van der Waals surface area contributed by atoms with E-state index in [1.165, 1.54) is 4.88 Å². The van der Waals surface area contributed by atoms with Gasteiger partial charge in [0, 0.05) is 30.7 Å². The first-order chi connectivity index (χ1) is 13.6. The zero-order valence-corrected chi connectivity index (χ0v) is 17.2. The van der Waals surface area contributed by atoms with Gasteiger partial charge >= 0.3 is 0 Å². The predicted octanol–water partition coefficient (Wildman–Crippen LogP) is 2.81. The topological polar surface area (TPSA) is 76.5 Å². The van der Waals surface area contributed by atoms with Crippen LogP contribution in [0.5, 0.6) is 0 Å². The smallest absolute Gasteiger partial charge is 0.259 e. The average Bonchev–Trinajstić information content (AvgIpc) is 3.32. The molecule has 150 valence electrons. The number of carbonyl (C=O) groups excluding carboxylic acids is 2. The standard InChI is InChI=1S/C20H26N4O3S/c1-3-24-12-14(11-21-24)18(25)22-19-17(20(26)23-6-8-27-9-7-23)15-5-4-13(2)10-16(15)28-19/h11-13H,3-10H2,1-2H3,(H,22,25). The first kappa shape index (κ1) is 19.1. The third-order valence-corrected chi connectivity index (χ3v) is 6.64. The Hall–Kier alpha value is -2.19. The average molecular weight is 403 g/mol. The fourth-order valence-corrected chi connectivity index (χ4v) is 5.22. The molecule has 0 bridgehead atoms. The lowest BCUT2D eigenvalue weighted by Gasteiger charge is -2.28. The number of carbonyl (C=O) groups is 2. The predicted molar refractivity (Wildman–Crippen MR) is 108 cm³/mol. The fourth-order valence-electron chi connectivity index (χ4n) is 3.82. The summed E-state index contributed by atoms with van der Waals surface area (Å²) in [4.78, 5) is 29.2. The first-order valence-electron chi connectivity index (χ1n) is 9.92. The number of amides is 2. The number of ether oxygens (including phenoxy) is 1. The summed E-state index contributed by atoms with van der Waals surface area (Å²) >= 11 is 1.56. The normalized spacial score (nSPS) is 19.4. The SMILES string of the molecule is CCn1cc(C(=O)Nc2sc3c(c2C(=O)N2CCOCC2)CCC(C)C3)cn1. The molecule has 2 amide bonds. The van der Waals surface area contributed by atoms with Gasteiger partial charge in [0.2, 0.25) is 0 Å². The van der Waals surface area contributed by atoms with Gasteiger partial charge in [-0.3, -0.25) is 14.3 Å². The third kappa shape index (κ3) is 3.71. The number of aromatic nitrogens is 2. The van der Waals surface area contributed by atoms with Crippen LogP contribution in [0, 0.1) is 5.92 Å². The monoisotopic (exact) mass is 402 g/mol. The molecule has 1 aliphatic heterocycles. The Morgan fingerprint density at radius 1 is 1.36 bits per heavy atom. The number of hydrogen-bond donors (Lipinski definition) is 1. The van der Waals surface area contributed by atoms with Crippen molar-refractivity contribution in [2.75, 3.05) is 31.6 Å². The maximum atomic E-state index is 13.3. The maximum Gasteiger partial charge on any atom is 0.259 e. The van der Waals surface area contributed by atoms with Gasteiger partial charge in [0.1, 0.15) is 5.00 Å². The van der Waals surface area contributed by atoms with Crippen LogP contribution < -0.4 is 5.32 Å². The van der Waals surface area contributed by atoms with Crippen molar-refractivity contribution >= 4 is 28.2 Å². The molecule has 1 unspecified atom stereocenters. The van der Waals surface area contributed by atoms with E-state index in [2.05, 4.69) is 17.3 Å². The van der Waals surface area contributed by atoms with Crippen LogP contribution in [0.15, 0.2) is 12.4 Å². The number of aryl methyl sites for hydroxylation is 1. The van der Waals surface area contributed by atoms with Gasteiger partial charge in [-0.25, -0.2) is 0 Å². The van der Waals surface area contributed by atoms with Crippen molar-refractivity contribution in [3.8, 4) is 0 Å². The lowest BCUT2D eigenvalue weighted by atomic mass is 9.88. The number of thiophene rings is 1. The van der Waals surface area contributed by atoms with Crippen LogP contribution in [-0.4, -0.2) is 52.8 Å². The highest BCUT2D eigenvalue weighted by molar-refractivity contribution is 7.17. The quantitative estimate of drug-likeness (QED) is 0.853. The minimum Gasteiger partial charge on any atom is -0.378 e. The van der Waals surface area contributed by atoms with Crippen molar-refractivity contribution < 1.29 is 14.3 Å². The summed E-state index contributed by atoms with van der Waals surface area (Å²) in [5.74, 6) is 0.390. The van der Waals surface area contributed by atoms with Gasteiger partial charge < -0.3 is 15.0 Å². The highest BCUT2D eigenvalue weighted by Crippen LogP contribution is 2.40. The number of hydrogen-bond acceptors (Lipinski definition) is 5. The fraction of sp³-hybridized carbons (Fsp3) is 0.550. The van der Waals surface area contributed by atoms with Gasteiger partial charge in [0.25, 0.3) is 11.8 Å². The lowest BCUT2D eigenvalue weighted by Crippen LogP contribution is -2.41. The Labute approximate surface area is 168 Å². The summed E-state index contributed by atoms with van der Waals surface area (Å²) < 4.78 is 7.11. The summed E-state index contributed by atoms with van der Waals surface area (Å²) in [5.41, 5.74) is 2.32. The molecule has 2 aromatic heterocycles. The van der Waals surface area contributed by atoms with E-state index >= 15 is 0 Å². The van der Waals surface area contributed by atoms with Crippen LogP contribution in [0.2, 0.25) is 0 Å². The van der Waals surface area contributed by atoms with Gasteiger partial charge in [0.15, 0.2) is 0 Å². The minimum atomic E-state index is -0.220. The molecule has 2 aliphatic rings. The molecular formula is C20H26N4O3S. The molecule has 3 heterocycles. The van der Waals surface area contributed by atoms with Crippen LogP contribution >= 0.6 is 11.3 Å². The van der Waals surface area contributed by atoms with Crippen molar-refractivity contribution in [2.45, 2.75) is 39.7 Å². The van der Waals surface area contributed by atoms with E-state index in [-0.39, 0.29) is 11.8 Å². The van der Waals surface area contributed by atoms with Crippen molar-refractivity contribution in [1.82, 2.24) is 14.7 Å². The summed E-state index contributed by atoms with van der Waals surface area (Å²) in [6.07, 6.45) is 6.23. The molecule has 0 radical (unpaired) electrons. The number of nitrogens with one attached hydrogen (secondary N) is 1. The minimum absolute atomic E-state index is 0.00917. The molecule has 1 saturated heterocycles. The molecule has 1 atom stereocenters. The van der Waals surface area contributed by atoms with Crippen LogP contribution in [0.1, 0.15) is 51.4 Å². The van der Waals surface area contributed by atoms with Gasteiger partial charge in [0.05, 0.1) is 30.5 Å². The van der Waals surface area contributed by atoms with Crippen LogP contribution in [-0.2, 0) is 24.1 Å². The van der Waals surface area contributed by atoms with Crippen molar-refractivity contribution in [2.24, 2.45) is 5.92 Å². The molecule has 1 aliphatic carbocycles. The van der Waals surface area contributed by atoms with E-state index in [0.29, 0.717) is 54.9 Å². The molecule has 8 heteroatoms. The molecule has 0 spiro atoms. The zero-order valence-electron chi connectivity index (χ0n) is 16.4. The highest BCUT2D eigenvalue weighted by atomic mass is 32.1. The van der Waals surface area contributed by atoms with Gasteiger partial charge in [-0.1, -0.05) is 6.92 Å². The van der Waals surface area contributed by atoms with E-state index in [4.69, 9.17) is 4.74 Å². The zero-order chi connectivity index (χ0) is 19.7. The number of rotatable bonds is 4. The van der Waals surface area contributed by atoms with Gasteiger partial charge in [-0.15, -0.1) is 11.3 Å². The van der Waals surface area contributed by atoms with E-state index in [1.54, 1.807) is 28.4 Å². The van der Waals surface area contributed by atoms with Crippen LogP contribution in [0.4, 0.5) is 5.00 Å². The second-order valence-electron chi connectivity index (χ2n) is 7.50. The van der Waals surface area contributed by atoms with Crippen molar-refractivity contribution in [1.29, 1.82) is 0 Å². The number of morpholine rings is 1. The Balaban J connectivity index is 1.65. The van der Waals surface area contributed by atoms with E-state index in [1.807, 2.05) is 11.8 Å². The summed E-state index contributed by atoms with van der Waals surface area (Å²) in [7, 11) is 0. The van der Waals surface area contributed by atoms with Gasteiger partial charge in [-0.2, -0.15) is 5.10 Å². The number of anilines is 1. The van der Waals surface area contributed by atoms with Crippen LogP contribution in [0.3, 0.4) is 0 Å². The first-order valence-corrected chi connectivity index (χ1v) is 10.7. The van der Waals surface area contributed by atoms with Crippen molar-refractivity contribution in [3.05, 3.63) is 34.0 Å². The van der Waals surface area contributed by atoms with Crippen LogP contribution in [0.25, 0.3) is 0 Å². The summed E-state index contributed by atoms with van der Waals surface area (Å²) in [5, 5.41) is 7.85. The largest absolute Gasteiger partial charge is 0.378 e. The second kappa shape index (κ2) is 8.05. The molecule has 7 nitrogen and oxygen atoms in total. The van der Waals surface area contributed by atoms with E-state index in [9.17, 15) is 9.59 Å². The molecule has 28 heavy (non-hydrogen) atoms. The molecule has 2 aromatic rings.